The van der Waals surface area contributed by atoms with E-state index in [0.717, 1.165) is 22.2 Å². The molecule has 0 bridgehead atoms. The van der Waals surface area contributed by atoms with E-state index < -0.39 is 0 Å². The van der Waals surface area contributed by atoms with Crippen LogP contribution < -0.4 is 0 Å². The van der Waals surface area contributed by atoms with Crippen molar-refractivity contribution in [1.29, 1.82) is 0 Å². The largest absolute Gasteiger partial charge is 0.288 e. The molecule has 25 heavy (non-hydrogen) atoms. The summed E-state index contributed by atoms with van der Waals surface area (Å²) in [5.41, 5.74) is 3.25. The van der Waals surface area contributed by atoms with Crippen molar-refractivity contribution in [3.8, 4) is 5.69 Å². The number of ketones is 1. The zero-order chi connectivity index (χ0) is 17.1. The van der Waals surface area contributed by atoms with Crippen molar-refractivity contribution in [2.45, 2.75) is 0 Å². The predicted molar refractivity (Wildman–Crippen MR) is 101 cm³/mol. The molecule has 120 valence electrons. The third kappa shape index (κ3) is 3.00. The lowest BCUT2D eigenvalue weighted by molar-refractivity contribution is 0.104. The molecule has 0 aliphatic heterocycles. The van der Waals surface area contributed by atoms with E-state index in [9.17, 15) is 4.79 Å². The van der Waals surface area contributed by atoms with Gasteiger partial charge < -0.3 is 0 Å². The van der Waals surface area contributed by atoms with Gasteiger partial charge in [-0.1, -0.05) is 72.8 Å². The van der Waals surface area contributed by atoms with Gasteiger partial charge in [0, 0.05) is 5.39 Å². The minimum atomic E-state index is -0.0681. The maximum Gasteiger partial charge on any atom is 0.204 e. The summed E-state index contributed by atoms with van der Waals surface area (Å²) < 4.78 is 1.72. The zero-order valence-corrected chi connectivity index (χ0v) is 13.5. The van der Waals surface area contributed by atoms with Crippen LogP contribution in [0.1, 0.15) is 16.1 Å². The lowest BCUT2D eigenvalue weighted by Gasteiger charge is -2.05. The number of carbonyl (C=O) groups excluding carboxylic acids is 1. The van der Waals surface area contributed by atoms with Gasteiger partial charge >= 0.3 is 0 Å². The first-order chi connectivity index (χ1) is 12.3. The van der Waals surface area contributed by atoms with Crippen LogP contribution in [0.3, 0.4) is 0 Å². The summed E-state index contributed by atoms with van der Waals surface area (Å²) >= 11 is 0. The van der Waals surface area contributed by atoms with Gasteiger partial charge in [0.05, 0.1) is 11.2 Å². The summed E-state index contributed by atoms with van der Waals surface area (Å²) in [5, 5.41) is 5.48. The van der Waals surface area contributed by atoms with E-state index in [2.05, 4.69) is 5.10 Å². The molecule has 1 heterocycles. The van der Waals surface area contributed by atoms with Gasteiger partial charge in [-0.2, -0.15) is 5.10 Å². The van der Waals surface area contributed by atoms with Gasteiger partial charge in [0.25, 0.3) is 0 Å². The molecule has 0 saturated carbocycles. The Hall–Kier alpha value is -3.46. The number of benzene rings is 3. The number of hydrogen-bond acceptors (Lipinski definition) is 2. The highest BCUT2D eigenvalue weighted by atomic mass is 16.1. The molecule has 0 aliphatic rings. The highest BCUT2D eigenvalue weighted by Gasteiger charge is 2.17. The summed E-state index contributed by atoms with van der Waals surface area (Å²) in [6, 6.07) is 27.2. The molecular formula is C22H16N2O. The Kier molecular flexibility index (Phi) is 3.97. The summed E-state index contributed by atoms with van der Waals surface area (Å²) in [6.45, 7) is 0. The number of aromatic nitrogens is 2. The van der Waals surface area contributed by atoms with E-state index in [1.54, 1.807) is 10.8 Å². The quantitative estimate of drug-likeness (QED) is 0.394. The minimum absolute atomic E-state index is 0.0681. The van der Waals surface area contributed by atoms with Crippen LogP contribution in [-0.2, 0) is 0 Å². The minimum Gasteiger partial charge on any atom is -0.288 e. The van der Waals surface area contributed by atoms with Crippen molar-refractivity contribution >= 4 is 22.8 Å². The molecular weight excluding hydrogens is 308 g/mol. The normalized spacial score (nSPS) is 11.2. The molecule has 0 fully saturated rings. The van der Waals surface area contributed by atoms with Crippen LogP contribution in [0.5, 0.6) is 0 Å². The van der Waals surface area contributed by atoms with Gasteiger partial charge in [-0.05, 0) is 29.8 Å². The van der Waals surface area contributed by atoms with Crippen LogP contribution in [0, 0.1) is 0 Å². The lowest BCUT2D eigenvalue weighted by Crippen LogP contribution is -2.07. The summed E-state index contributed by atoms with van der Waals surface area (Å²) in [7, 11) is 0. The zero-order valence-electron chi connectivity index (χ0n) is 13.5. The number of para-hydroxylation sites is 1. The number of rotatable bonds is 4. The van der Waals surface area contributed by atoms with Crippen LogP contribution in [-0.4, -0.2) is 15.6 Å². The first-order valence-electron chi connectivity index (χ1n) is 8.13. The van der Waals surface area contributed by atoms with E-state index in [1.807, 2.05) is 91.0 Å². The number of hydrogen-bond donors (Lipinski definition) is 0. The average molecular weight is 324 g/mol. The Balaban J connectivity index is 1.82. The predicted octanol–water partition coefficient (Wildman–Crippen LogP) is 4.92. The first-order valence-corrected chi connectivity index (χ1v) is 8.13. The van der Waals surface area contributed by atoms with Crippen molar-refractivity contribution in [3.63, 3.8) is 0 Å². The van der Waals surface area contributed by atoms with Crippen molar-refractivity contribution < 1.29 is 4.79 Å². The molecule has 4 rings (SSSR count). The van der Waals surface area contributed by atoms with Crippen molar-refractivity contribution in [2.24, 2.45) is 0 Å². The third-order valence-electron chi connectivity index (χ3n) is 4.04. The first kappa shape index (κ1) is 15.1. The number of fused-ring (bicyclic) bond motifs is 1. The fourth-order valence-corrected chi connectivity index (χ4v) is 2.84. The molecule has 0 unspecified atom stereocenters. The molecule has 0 aliphatic carbocycles. The molecule has 0 N–H and O–H groups in total. The SMILES string of the molecule is O=C(/C=C/c1ccccc1)c1c2ccccc2nn1-c1ccccc1. The van der Waals surface area contributed by atoms with Gasteiger partial charge in [0.15, 0.2) is 0 Å². The Morgan fingerprint density at radius 2 is 1.44 bits per heavy atom. The highest BCUT2D eigenvalue weighted by Crippen LogP contribution is 2.22. The van der Waals surface area contributed by atoms with Crippen molar-refractivity contribution in [3.05, 3.63) is 102 Å². The number of carbonyl (C=O) groups is 1. The number of allylic oxidation sites excluding steroid dienone is 1. The van der Waals surface area contributed by atoms with Crippen molar-refractivity contribution in [2.75, 3.05) is 0 Å². The van der Waals surface area contributed by atoms with Crippen LogP contribution >= 0.6 is 0 Å². The average Bonchev–Trinajstić information content (AvgIpc) is 3.07. The topological polar surface area (TPSA) is 34.9 Å². The smallest absolute Gasteiger partial charge is 0.204 e. The van der Waals surface area contributed by atoms with Crippen molar-refractivity contribution in [1.82, 2.24) is 9.78 Å². The summed E-state index contributed by atoms with van der Waals surface area (Å²) in [6.07, 6.45) is 3.44. The van der Waals surface area contributed by atoms with Gasteiger partial charge in [0.1, 0.15) is 5.69 Å². The fourth-order valence-electron chi connectivity index (χ4n) is 2.84. The van der Waals surface area contributed by atoms with E-state index >= 15 is 0 Å². The molecule has 0 atom stereocenters. The number of nitrogens with zero attached hydrogens (tertiary/aromatic N) is 2. The molecule has 3 aromatic carbocycles. The maximum atomic E-state index is 12.9. The standard InChI is InChI=1S/C22H16N2O/c25-21(16-15-17-9-3-1-4-10-17)22-19-13-7-8-14-20(19)23-24(22)18-11-5-2-6-12-18/h1-16H/b16-15+. The molecule has 0 amide bonds. The molecule has 3 heteroatoms. The van der Waals surface area contributed by atoms with E-state index in [1.165, 1.54) is 0 Å². The second-order valence-electron chi connectivity index (χ2n) is 5.72. The van der Waals surface area contributed by atoms with E-state index in [-0.39, 0.29) is 5.78 Å². The molecule has 3 nitrogen and oxygen atoms in total. The second kappa shape index (κ2) is 6.57. The van der Waals surface area contributed by atoms with Crippen LogP contribution in [0.4, 0.5) is 0 Å². The van der Waals surface area contributed by atoms with Gasteiger partial charge in [0.2, 0.25) is 5.78 Å². The Bertz CT molecular complexity index is 1050. The van der Waals surface area contributed by atoms with Crippen LogP contribution in [0.2, 0.25) is 0 Å². The van der Waals surface area contributed by atoms with Gasteiger partial charge in [-0.3, -0.25) is 4.79 Å². The third-order valence-corrected chi connectivity index (χ3v) is 4.04. The lowest BCUT2D eigenvalue weighted by atomic mass is 10.1. The van der Waals surface area contributed by atoms with E-state index in [0.29, 0.717) is 5.69 Å². The molecule has 4 aromatic rings. The highest BCUT2D eigenvalue weighted by molar-refractivity contribution is 6.13. The van der Waals surface area contributed by atoms with Crippen LogP contribution in [0.15, 0.2) is 91.0 Å². The second-order valence-corrected chi connectivity index (χ2v) is 5.72. The summed E-state index contributed by atoms with van der Waals surface area (Å²) in [5.74, 6) is -0.0681. The van der Waals surface area contributed by atoms with Crippen LogP contribution in [0.25, 0.3) is 22.7 Å². The molecule has 0 spiro atoms. The van der Waals surface area contributed by atoms with Gasteiger partial charge in [-0.15, -0.1) is 0 Å². The fraction of sp³-hybridized carbons (Fsp3) is 0. The molecule has 0 saturated heterocycles. The monoisotopic (exact) mass is 324 g/mol. The molecule has 0 radical (unpaired) electrons. The maximum absolute atomic E-state index is 12.9. The van der Waals surface area contributed by atoms with E-state index in [4.69, 9.17) is 0 Å². The Morgan fingerprint density at radius 3 is 2.20 bits per heavy atom. The Labute approximate surface area is 145 Å². The summed E-state index contributed by atoms with van der Waals surface area (Å²) in [4.78, 5) is 12.9. The molecule has 1 aromatic heterocycles. The Morgan fingerprint density at radius 1 is 0.800 bits per heavy atom. The van der Waals surface area contributed by atoms with Gasteiger partial charge in [-0.25, -0.2) is 4.68 Å².